The Morgan fingerprint density at radius 1 is 1.05 bits per heavy atom. The number of halogens is 2. The highest BCUT2D eigenvalue weighted by atomic mass is 79.9. The van der Waals surface area contributed by atoms with Gasteiger partial charge >= 0.3 is 0 Å². The van der Waals surface area contributed by atoms with Crippen LogP contribution in [0.2, 0.25) is 5.02 Å². The fraction of sp³-hybridized carbons (Fsp3) is 0.200. The van der Waals surface area contributed by atoms with Crippen molar-refractivity contribution in [3.8, 4) is 11.5 Å². The predicted octanol–water partition coefficient (Wildman–Crippen LogP) is 4.17. The Kier molecular flexibility index (Phi) is 4.91. The summed E-state index contributed by atoms with van der Waals surface area (Å²) in [4.78, 5) is 0. The highest BCUT2D eigenvalue weighted by molar-refractivity contribution is 9.10. The first-order chi connectivity index (χ1) is 9.56. The van der Waals surface area contributed by atoms with Crippen LogP contribution in [-0.4, -0.2) is 14.2 Å². The molecule has 0 bridgehead atoms. The van der Waals surface area contributed by atoms with Crippen LogP contribution in [0.5, 0.6) is 11.5 Å². The molecule has 3 nitrogen and oxygen atoms in total. The smallest absolute Gasteiger partial charge is 0.124 e. The summed E-state index contributed by atoms with van der Waals surface area (Å²) in [6, 6.07) is 10.8. The Balaban J connectivity index is 2.48. The van der Waals surface area contributed by atoms with Crippen molar-refractivity contribution in [3.63, 3.8) is 0 Å². The maximum atomic E-state index is 6.36. The van der Waals surface area contributed by atoms with Gasteiger partial charge in [-0.1, -0.05) is 33.6 Å². The summed E-state index contributed by atoms with van der Waals surface area (Å²) in [6.07, 6.45) is 0. The lowest BCUT2D eigenvalue weighted by Gasteiger charge is -2.18. The van der Waals surface area contributed by atoms with Crippen molar-refractivity contribution in [2.45, 2.75) is 6.04 Å². The molecule has 0 aliphatic carbocycles. The summed E-state index contributed by atoms with van der Waals surface area (Å²) >= 11 is 9.45. The lowest BCUT2D eigenvalue weighted by atomic mass is 9.98. The van der Waals surface area contributed by atoms with E-state index in [0.29, 0.717) is 5.02 Å². The molecule has 0 amide bonds. The summed E-state index contributed by atoms with van der Waals surface area (Å²) in [5, 5.41) is 0.658. The predicted molar refractivity (Wildman–Crippen MR) is 84.7 cm³/mol. The summed E-state index contributed by atoms with van der Waals surface area (Å²) in [6.45, 7) is 0. The molecule has 0 fully saturated rings. The van der Waals surface area contributed by atoms with Gasteiger partial charge in [0, 0.05) is 15.1 Å². The van der Waals surface area contributed by atoms with Crippen LogP contribution in [0, 0.1) is 0 Å². The molecule has 106 valence electrons. The zero-order valence-corrected chi connectivity index (χ0v) is 13.5. The number of ether oxygens (including phenoxy) is 2. The molecule has 5 heteroatoms. The Bertz CT molecular complexity index is 619. The van der Waals surface area contributed by atoms with E-state index in [9.17, 15) is 0 Å². The topological polar surface area (TPSA) is 44.5 Å². The van der Waals surface area contributed by atoms with Crippen LogP contribution in [-0.2, 0) is 0 Å². The maximum Gasteiger partial charge on any atom is 0.124 e. The van der Waals surface area contributed by atoms with Crippen LogP contribution in [0.15, 0.2) is 40.9 Å². The van der Waals surface area contributed by atoms with Crippen LogP contribution in [0.1, 0.15) is 17.2 Å². The van der Waals surface area contributed by atoms with Crippen molar-refractivity contribution in [2.24, 2.45) is 5.73 Å². The average molecular weight is 357 g/mol. The van der Waals surface area contributed by atoms with Gasteiger partial charge in [-0.15, -0.1) is 0 Å². The summed E-state index contributed by atoms with van der Waals surface area (Å²) in [7, 11) is 3.24. The van der Waals surface area contributed by atoms with E-state index in [1.807, 2.05) is 36.4 Å². The third-order valence-electron chi connectivity index (χ3n) is 3.07. The first-order valence-corrected chi connectivity index (χ1v) is 7.16. The van der Waals surface area contributed by atoms with E-state index in [-0.39, 0.29) is 6.04 Å². The SMILES string of the molecule is COc1ccc(OC)c(C(N)c2ccc(Cl)cc2Br)c1. The molecule has 0 aliphatic rings. The second kappa shape index (κ2) is 6.48. The zero-order chi connectivity index (χ0) is 14.7. The normalized spacial score (nSPS) is 12.1. The fourth-order valence-corrected chi connectivity index (χ4v) is 2.93. The molecule has 0 spiro atoms. The molecule has 2 aromatic carbocycles. The van der Waals surface area contributed by atoms with Crippen LogP contribution in [0.3, 0.4) is 0 Å². The van der Waals surface area contributed by atoms with Crippen LogP contribution in [0.25, 0.3) is 0 Å². The number of benzene rings is 2. The molecule has 0 saturated heterocycles. The van der Waals surface area contributed by atoms with Gasteiger partial charge in [0.2, 0.25) is 0 Å². The van der Waals surface area contributed by atoms with E-state index in [2.05, 4.69) is 15.9 Å². The van der Waals surface area contributed by atoms with Gasteiger partial charge in [0.05, 0.1) is 20.3 Å². The van der Waals surface area contributed by atoms with Crippen molar-refractivity contribution in [2.75, 3.05) is 14.2 Å². The first kappa shape index (κ1) is 15.2. The number of hydrogen-bond donors (Lipinski definition) is 1. The number of hydrogen-bond acceptors (Lipinski definition) is 3. The number of nitrogens with two attached hydrogens (primary N) is 1. The largest absolute Gasteiger partial charge is 0.497 e. The molecule has 2 rings (SSSR count). The molecule has 0 aliphatic heterocycles. The highest BCUT2D eigenvalue weighted by Crippen LogP contribution is 2.35. The van der Waals surface area contributed by atoms with E-state index in [1.165, 1.54) is 0 Å². The minimum Gasteiger partial charge on any atom is -0.497 e. The van der Waals surface area contributed by atoms with Gasteiger partial charge in [-0.3, -0.25) is 0 Å². The summed E-state index contributed by atoms with van der Waals surface area (Å²) in [5.74, 6) is 1.46. The molecule has 2 aromatic rings. The van der Waals surface area contributed by atoms with Gasteiger partial charge in [-0.05, 0) is 35.9 Å². The second-order valence-corrected chi connectivity index (χ2v) is 5.54. The molecule has 0 aromatic heterocycles. The molecule has 2 N–H and O–H groups in total. The van der Waals surface area contributed by atoms with Crippen molar-refractivity contribution >= 4 is 27.5 Å². The Hall–Kier alpha value is -1.23. The maximum absolute atomic E-state index is 6.36. The molecule has 20 heavy (non-hydrogen) atoms. The average Bonchev–Trinajstić information content (AvgIpc) is 2.46. The third kappa shape index (κ3) is 3.08. The van der Waals surface area contributed by atoms with Gasteiger partial charge < -0.3 is 15.2 Å². The third-order valence-corrected chi connectivity index (χ3v) is 3.99. The Morgan fingerprint density at radius 3 is 2.40 bits per heavy atom. The zero-order valence-electron chi connectivity index (χ0n) is 11.2. The van der Waals surface area contributed by atoms with Crippen LogP contribution < -0.4 is 15.2 Å². The highest BCUT2D eigenvalue weighted by Gasteiger charge is 2.17. The molecule has 1 unspecified atom stereocenters. The fourth-order valence-electron chi connectivity index (χ4n) is 2.00. The second-order valence-electron chi connectivity index (χ2n) is 4.25. The molecule has 1 atom stereocenters. The van der Waals surface area contributed by atoms with Gasteiger partial charge in [-0.25, -0.2) is 0 Å². The van der Waals surface area contributed by atoms with Crippen LogP contribution >= 0.6 is 27.5 Å². The van der Waals surface area contributed by atoms with E-state index < -0.39 is 0 Å². The van der Waals surface area contributed by atoms with E-state index in [1.54, 1.807) is 14.2 Å². The van der Waals surface area contributed by atoms with Gasteiger partial charge in [0.1, 0.15) is 11.5 Å². The quantitative estimate of drug-likeness (QED) is 0.894. The minimum atomic E-state index is -0.341. The lowest BCUT2D eigenvalue weighted by Crippen LogP contribution is -2.14. The Morgan fingerprint density at radius 2 is 1.80 bits per heavy atom. The summed E-state index contributed by atoms with van der Waals surface area (Å²) in [5.41, 5.74) is 8.15. The first-order valence-electron chi connectivity index (χ1n) is 5.99. The minimum absolute atomic E-state index is 0.341. The van der Waals surface area contributed by atoms with Crippen molar-refractivity contribution in [3.05, 3.63) is 57.0 Å². The number of methoxy groups -OCH3 is 2. The monoisotopic (exact) mass is 355 g/mol. The van der Waals surface area contributed by atoms with Crippen molar-refractivity contribution in [1.29, 1.82) is 0 Å². The standard InChI is InChI=1S/C15H15BrClNO2/c1-19-10-4-6-14(20-2)12(8-10)15(18)11-5-3-9(17)7-13(11)16/h3-8,15H,18H2,1-2H3. The Labute approximate surface area is 131 Å². The summed E-state index contributed by atoms with van der Waals surface area (Å²) < 4.78 is 11.5. The molecular weight excluding hydrogens is 342 g/mol. The van der Waals surface area contributed by atoms with E-state index in [4.69, 9.17) is 26.8 Å². The molecule has 0 heterocycles. The molecular formula is C15H15BrClNO2. The van der Waals surface area contributed by atoms with Gasteiger partial charge in [-0.2, -0.15) is 0 Å². The van der Waals surface area contributed by atoms with Gasteiger partial charge in [0.15, 0.2) is 0 Å². The van der Waals surface area contributed by atoms with Crippen molar-refractivity contribution in [1.82, 2.24) is 0 Å². The number of rotatable bonds is 4. The van der Waals surface area contributed by atoms with Crippen molar-refractivity contribution < 1.29 is 9.47 Å². The van der Waals surface area contributed by atoms with Gasteiger partial charge in [0.25, 0.3) is 0 Å². The van der Waals surface area contributed by atoms with E-state index >= 15 is 0 Å². The lowest BCUT2D eigenvalue weighted by molar-refractivity contribution is 0.397. The van der Waals surface area contributed by atoms with E-state index in [0.717, 1.165) is 27.1 Å². The van der Waals surface area contributed by atoms with Crippen LogP contribution in [0.4, 0.5) is 0 Å². The molecule has 0 radical (unpaired) electrons. The molecule has 0 saturated carbocycles.